The van der Waals surface area contributed by atoms with Crippen molar-refractivity contribution in [1.29, 1.82) is 0 Å². The summed E-state index contributed by atoms with van der Waals surface area (Å²) in [7, 11) is 0. The lowest BCUT2D eigenvalue weighted by Crippen LogP contribution is -2.15. The predicted octanol–water partition coefficient (Wildman–Crippen LogP) is 0.0148. The second kappa shape index (κ2) is 4.39. The number of hydrogen-bond acceptors (Lipinski definition) is 5. The first kappa shape index (κ1) is 10.9. The molecule has 3 N–H and O–H groups in total. The van der Waals surface area contributed by atoms with Crippen LogP contribution >= 0.6 is 12.4 Å². The number of nitrogens with zero attached hydrogens (tertiary/aromatic N) is 2. The van der Waals surface area contributed by atoms with Gasteiger partial charge < -0.3 is 15.6 Å². The van der Waals surface area contributed by atoms with Crippen LogP contribution in [-0.2, 0) is 0 Å². The van der Waals surface area contributed by atoms with Gasteiger partial charge in [-0.3, -0.25) is 4.79 Å². The molecule has 1 amide bonds. The molecule has 1 unspecified atom stereocenters. The molecule has 1 aromatic heterocycles. The largest absolute Gasteiger partial charge is 0.363 e. The zero-order chi connectivity index (χ0) is 9.26. The third-order valence-electron chi connectivity index (χ3n) is 2.02. The van der Waals surface area contributed by atoms with Crippen molar-refractivity contribution in [2.45, 2.75) is 18.9 Å². The van der Waals surface area contributed by atoms with Gasteiger partial charge in [0.15, 0.2) is 0 Å². The van der Waals surface area contributed by atoms with Crippen LogP contribution in [0.5, 0.6) is 0 Å². The topological polar surface area (TPSA) is 94.0 Å². The van der Waals surface area contributed by atoms with E-state index in [1.54, 1.807) is 0 Å². The van der Waals surface area contributed by atoms with Crippen molar-refractivity contribution in [2.24, 2.45) is 5.73 Å². The molecule has 1 atom stereocenters. The van der Waals surface area contributed by atoms with Gasteiger partial charge in [0, 0.05) is 0 Å². The minimum absolute atomic E-state index is 0. The molecule has 0 aliphatic carbocycles. The van der Waals surface area contributed by atoms with E-state index in [2.05, 4.69) is 15.5 Å². The summed E-state index contributed by atoms with van der Waals surface area (Å²) < 4.78 is 4.89. The van der Waals surface area contributed by atoms with Gasteiger partial charge in [-0.25, -0.2) is 0 Å². The van der Waals surface area contributed by atoms with Crippen molar-refractivity contribution < 1.29 is 9.32 Å². The number of carbonyl (C=O) groups is 1. The van der Waals surface area contributed by atoms with Crippen LogP contribution in [-0.4, -0.2) is 22.6 Å². The standard InChI is InChI=1S/C7H10N4O2.ClH/c8-5(12)6-10-7(13-11-6)4-2-1-3-9-4;/h4,9H,1-3H2,(H2,8,12);1H. The molecule has 7 heteroatoms. The molecule has 78 valence electrons. The molecule has 0 saturated carbocycles. The molecule has 2 rings (SSSR count). The molecule has 1 saturated heterocycles. The summed E-state index contributed by atoms with van der Waals surface area (Å²) in [5, 5.41) is 6.64. The average molecular weight is 219 g/mol. The van der Waals surface area contributed by atoms with Crippen LogP contribution in [0.15, 0.2) is 4.52 Å². The quantitative estimate of drug-likeness (QED) is 0.730. The minimum atomic E-state index is -0.659. The summed E-state index contributed by atoms with van der Waals surface area (Å²) in [4.78, 5) is 14.5. The first-order chi connectivity index (χ1) is 6.27. The van der Waals surface area contributed by atoms with Crippen molar-refractivity contribution in [1.82, 2.24) is 15.5 Å². The zero-order valence-corrected chi connectivity index (χ0v) is 8.21. The molecular weight excluding hydrogens is 208 g/mol. The number of halogens is 1. The number of hydrogen-bond donors (Lipinski definition) is 2. The molecular formula is C7H11ClN4O2. The maximum atomic E-state index is 10.6. The number of amides is 1. The Labute approximate surface area is 86.6 Å². The average Bonchev–Trinajstić information content (AvgIpc) is 2.75. The minimum Gasteiger partial charge on any atom is -0.363 e. The highest BCUT2D eigenvalue weighted by Crippen LogP contribution is 2.20. The number of nitrogens with two attached hydrogens (primary N) is 1. The molecule has 14 heavy (non-hydrogen) atoms. The fourth-order valence-electron chi connectivity index (χ4n) is 1.37. The molecule has 2 heterocycles. The van der Waals surface area contributed by atoms with E-state index in [4.69, 9.17) is 10.3 Å². The van der Waals surface area contributed by atoms with Crippen LogP contribution in [0.2, 0.25) is 0 Å². The van der Waals surface area contributed by atoms with Gasteiger partial charge in [-0.05, 0) is 19.4 Å². The molecule has 1 aliphatic heterocycles. The zero-order valence-electron chi connectivity index (χ0n) is 7.40. The van der Waals surface area contributed by atoms with E-state index in [-0.39, 0.29) is 24.3 Å². The SMILES string of the molecule is Cl.NC(=O)c1noc(C2CCCN2)n1. The van der Waals surface area contributed by atoms with Gasteiger partial charge in [-0.1, -0.05) is 5.16 Å². The second-order valence-electron chi connectivity index (χ2n) is 2.97. The first-order valence-electron chi connectivity index (χ1n) is 4.14. The molecule has 0 bridgehead atoms. The van der Waals surface area contributed by atoms with Gasteiger partial charge >= 0.3 is 0 Å². The summed E-state index contributed by atoms with van der Waals surface area (Å²) in [5.41, 5.74) is 4.98. The van der Waals surface area contributed by atoms with Crippen molar-refractivity contribution in [3.05, 3.63) is 11.7 Å². The molecule has 1 aromatic rings. The lowest BCUT2D eigenvalue weighted by atomic mass is 10.2. The molecule has 6 nitrogen and oxygen atoms in total. The van der Waals surface area contributed by atoms with Crippen molar-refractivity contribution in [3.8, 4) is 0 Å². The van der Waals surface area contributed by atoms with Crippen molar-refractivity contribution in [3.63, 3.8) is 0 Å². The van der Waals surface area contributed by atoms with Gasteiger partial charge in [0.1, 0.15) is 0 Å². The second-order valence-corrected chi connectivity index (χ2v) is 2.97. The van der Waals surface area contributed by atoms with Gasteiger partial charge in [0.25, 0.3) is 11.7 Å². The number of rotatable bonds is 2. The van der Waals surface area contributed by atoms with Crippen LogP contribution in [0.1, 0.15) is 35.4 Å². The highest BCUT2D eigenvalue weighted by molar-refractivity contribution is 5.88. The lowest BCUT2D eigenvalue weighted by Gasteiger charge is -2.00. The Hall–Kier alpha value is -1.14. The fraction of sp³-hybridized carbons (Fsp3) is 0.571. The Morgan fingerprint density at radius 1 is 1.64 bits per heavy atom. The summed E-state index contributed by atoms with van der Waals surface area (Å²) >= 11 is 0. The van der Waals surface area contributed by atoms with Crippen LogP contribution in [0.4, 0.5) is 0 Å². The molecule has 0 radical (unpaired) electrons. The van der Waals surface area contributed by atoms with E-state index in [0.717, 1.165) is 19.4 Å². The Morgan fingerprint density at radius 3 is 2.93 bits per heavy atom. The van der Waals surface area contributed by atoms with Gasteiger partial charge in [0.05, 0.1) is 6.04 Å². The van der Waals surface area contributed by atoms with Crippen molar-refractivity contribution in [2.75, 3.05) is 6.54 Å². The Bertz CT molecular complexity index is 321. The van der Waals surface area contributed by atoms with E-state index in [0.29, 0.717) is 5.89 Å². The fourth-order valence-corrected chi connectivity index (χ4v) is 1.37. The molecule has 0 spiro atoms. The highest BCUT2D eigenvalue weighted by atomic mass is 35.5. The van der Waals surface area contributed by atoms with Gasteiger partial charge in [-0.15, -0.1) is 12.4 Å². The van der Waals surface area contributed by atoms with Crippen LogP contribution in [0.25, 0.3) is 0 Å². The first-order valence-corrected chi connectivity index (χ1v) is 4.14. The normalized spacial score (nSPS) is 20.4. The van der Waals surface area contributed by atoms with Crippen molar-refractivity contribution >= 4 is 18.3 Å². The van der Waals surface area contributed by atoms with E-state index in [1.807, 2.05) is 0 Å². The molecule has 1 fully saturated rings. The molecule has 0 aromatic carbocycles. The lowest BCUT2D eigenvalue weighted by molar-refractivity contribution is 0.0987. The molecule has 1 aliphatic rings. The third-order valence-corrected chi connectivity index (χ3v) is 2.02. The third kappa shape index (κ3) is 2.02. The van der Waals surface area contributed by atoms with E-state index in [1.165, 1.54) is 0 Å². The maximum absolute atomic E-state index is 10.6. The maximum Gasteiger partial charge on any atom is 0.290 e. The summed E-state index contributed by atoms with van der Waals surface area (Å²) in [6.45, 7) is 0.943. The Balaban J connectivity index is 0.000000980. The van der Waals surface area contributed by atoms with E-state index >= 15 is 0 Å². The summed E-state index contributed by atoms with van der Waals surface area (Å²) in [6, 6.07) is 0.0839. The predicted molar refractivity (Wildman–Crippen MR) is 50.0 cm³/mol. The van der Waals surface area contributed by atoms with E-state index in [9.17, 15) is 4.79 Å². The van der Waals surface area contributed by atoms with Gasteiger partial charge in [0.2, 0.25) is 5.89 Å². The Kier molecular flexibility index (Phi) is 3.43. The van der Waals surface area contributed by atoms with Gasteiger partial charge in [-0.2, -0.15) is 4.98 Å². The number of nitrogens with one attached hydrogen (secondary N) is 1. The number of primary amides is 1. The highest BCUT2D eigenvalue weighted by Gasteiger charge is 2.23. The summed E-state index contributed by atoms with van der Waals surface area (Å²) in [5.74, 6) is -0.261. The van der Waals surface area contributed by atoms with Crippen LogP contribution in [0, 0.1) is 0 Å². The Morgan fingerprint density at radius 2 is 2.43 bits per heavy atom. The number of carbonyl (C=O) groups excluding carboxylic acids is 1. The van der Waals surface area contributed by atoms with Crippen LogP contribution < -0.4 is 11.1 Å². The summed E-state index contributed by atoms with van der Waals surface area (Å²) in [6.07, 6.45) is 2.04. The van der Waals surface area contributed by atoms with Crippen LogP contribution in [0.3, 0.4) is 0 Å². The van der Waals surface area contributed by atoms with E-state index < -0.39 is 5.91 Å². The number of aromatic nitrogens is 2. The monoisotopic (exact) mass is 218 g/mol. The smallest absolute Gasteiger partial charge is 0.290 e.